The highest BCUT2D eigenvalue weighted by Gasteiger charge is 2.34. The van der Waals surface area contributed by atoms with Gasteiger partial charge in [0.25, 0.3) is 0 Å². The van der Waals surface area contributed by atoms with Crippen LogP contribution < -0.4 is 19.5 Å². The van der Waals surface area contributed by atoms with Crippen molar-refractivity contribution in [2.45, 2.75) is 49.5 Å². The van der Waals surface area contributed by atoms with E-state index in [1.807, 2.05) is 24.3 Å². The Labute approximate surface area is 202 Å². The number of carbonyl (C=O) groups is 1. The Balaban J connectivity index is 1.72. The molecule has 0 atom stereocenters. The van der Waals surface area contributed by atoms with Gasteiger partial charge in [-0.3, -0.25) is 4.79 Å². The average Bonchev–Trinajstić information content (AvgIpc) is 2.87. The summed E-state index contributed by atoms with van der Waals surface area (Å²) in [5, 5.41) is 2.87. The van der Waals surface area contributed by atoms with Crippen molar-refractivity contribution in [3.63, 3.8) is 0 Å². The van der Waals surface area contributed by atoms with Crippen LogP contribution in [0, 0.1) is 0 Å². The molecule has 1 amide bonds. The van der Waals surface area contributed by atoms with E-state index in [-0.39, 0.29) is 23.4 Å². The van der Waals surface area contributed by atoms with Crippen molar-refractivity contribution < 1.29 is 27.4 Å². The number of hydrogen-bond acceptors (Lipinski definition) is 6. The zero-order chi connectivity index (χ0) is 24.6. The third-order valence-electron chi connectivity index (χ3n) is 6.14. The molecule has 0 heterocycles. The molecule has 1 aliphatic rings. The van der Waals surface area contributed by atoms with E-state index in [0.717, 1.165) is 43.4 Å². The van der Waals surface area contributed by atoms with Crippen molar-refractivity contribution in [3.05, 3.63) is 48.0 Å². The van der Waals surface area contributed by atoms with Crippen LogP contribution in [0.4, 0.5) is 0 Å². The second-order valence-electron chi connectivity index (χ2n) is 8.31. The van der Waals surface area contributed by atoms with Gasteiger partial charge in [0.2, 0.25) is 15.9 Å². The largest absolute Gasteiger partial charge is 0.497 e. The fourth-order valence-corrected chi connectivity index (χ4v) is 5.88. The van der Waals surface area contributed by atoms with Crippen LogP contribution in [0.15, 0.2) is 47.4 Å². The SMILES string of the molecule is COc1ccc(CCNC(=O)CN(C2CCCCC2)S(=O)(=O)c2ccc(OC)c(OC)c2)cc1. The summed E-state index contributed by atoms with van der Waals surface area (Å²) in [7, 11) is 0.658. The Kier molecular flexibility index (Phi) is 9.18. The number of methoxy groups -OCH3 is 3. The molecule has 0 saturated heterocycles. The highest BCUT2D eigenvalue weighted by atomic mass is 32.2. The summed E-state index contributed by atoms with van der Waals surface area (Å²) >= 11 is 0. The van der Waals surface area contributed by atoms with Gasteiger partial charge < -0.3 is 19.5 Å². The van der Waals surface area contributed by atoms with Gasteiger partial charge in [-0.2, -0.15) is 4.31 Å². The average molecular weight is 491 g/mol. The van der Waals surface area contributed by atoms with E-state index in [0.29, 0.717) is 24.5 Å². The first-order chi connectivity index (χ1) is 16.4. The van der Waals surface area contributed by atoms with E-state index in [1.165, 1.54) is 30.7 Å². The predicted molar refractivity (Wildman–Crippen MR) is 130 cm³/mol. The minimum Gasteiger partial charge on any atom is -0.497 e. The van der Waals surface area contributed by atoms with Gasteiger partial charge in [0.15, 0.2) is 11.5 Å². The molecule has 186 valence electrons. The van der Waals surface area contributed by atoms with Gasteiger partial charge in [-0.1, -0.05) is 31.4 Å². The number of ether oxygens (including phenoxy) is 3. The monoisotopic (exact) mass is 490 g/mol. The first kappa shape index (κ1) is 25.8. The van der Waals surface area contributed by atoms with Crippen molar-refractivity contribution in [3.8, 4) is 17.2 Å². The van der Waals surface area contributed by atoms with E-state index >= 15 is 0 Å². The molecule has 2 aromatic carbocycles. The Morgan fingerprint density at radius 2 is 1.62 bits per heavy atom. The second-order valence-corrected chi connectivity index (χ2v) is 10.2. The quantitative estimate of drug-likeness (QED) is 0.519. The number of nitrogens with one attached hydrogen (secondary N) is 1. The molecule has 9 heteroatoms. The lowest BCUT2D eigenvalue weighted by Gasteiger charge is -2.33. The molecule has 0 spiro atoms. The first-order valence-electron chi connectivity index (χ1n) is 11.5. The maximum absolute atomic E-state index is 13.6. The second kappa shape index (κ2) is 12.1. The number of carbonyl (C=O) groups excluding carboxylic acids is 1. The normalized spacial score (nSPS) is 14.6. The van der Waals surface area contributed by atoms with Gasteiger partial charge in [0, 0.05) is 18.7 Å². The molecular formula is C25H34N2O6S. The number of benzene rings is 2. The van der Waals surface area contributed by atoms with Crippen molar-refractivity contribution in [2.75, 3.05) is 34.4 Å². The first-order valence-corrected chi connectivity index (χ1v) is 13.0. The van der Waals surface area contributed by atoms with Gasteiger partial charge in [0.1, 0.15) is 5.75 Å². The Bertz CT molecular complexity index is 1050. The minimum atomic E-state index is -3.92. The van der Waals surface area contributed by atoms with Crippen LogP contribution in [0.3, 0.4) is 0 Å². The van der Waals surface area contributed by atoms with Crippen LogP contribution in [0.2, 0.25) is 0 Å². The maximum Gasteiger partial charge on any atom is 0.243 e. The van der Waals surface area contributed by atoms with Crippen LogP contribution in [-0.4, -0.2) is 59.1 Å². The molecule has 1 aliphatic carbocycles. The molecule has 0 aliphatic heterocycles. The molecule has 0 radical (unpaired) electrons. The third kappa shape index (κ3) is 6.42. The molecule has 8 nitrogen and oxygen atoms in total. The maximum atomic E-state index is 13.6. The third-order valence-corrected chi connectivity index (χ3v) is 8.03. The lowest BCUT2D eigenvalue weighted by atomic mass is 9.95. The lowest BCUT2D eigenvalue weighted by Crippen LogP contribution is -2.47. The molecule has 0 bridgehead atoms. The van der Waals surface area contributed by atoms with Gasteiger partial charge in [-0.05, 0) is 49.1 Å². The van der Waals surface area contributed by atoms with E-state index < -0.39 is 10.0 Å². The summed E-state index contributed by atoms with van der Waals surface area (Å²) in [5.41, 5.74) is 1.06. The summed E-state index contributed by atoms with van der Waals surface area (Å²) in [6.45, 7) is 0.198. The molecule has 0 aromatic heterocycles. The minimum absolute atomic E-state index is 0.0850. The highest BCUT2D eigenvalue weighted by molar-refractivity contribution is 7.89. The molecule has 1 saturated carbocycles. The zero-order valence-electron chi connectivity index (χ0n) is 20.1. The van der Waals surface area contributed by atoms with Crippen LogP contribution >= 0.6 is 0 Å². The summed E-state index contributed by atoms with van der Waals surface area (Å²) < 4.78 is 44.3. The van der Waals surface area contributed by atoms with Crippen molar-refractivity contribution in [2.24, 2.45) is 0 Å². The number of hydrogen-bond donors (Lipinski definition) is 1. The van der Waals surface area contributed by atoms with Crippen LogP contribution in [0.5, 0.6) is 17.2 Å². The van der Waals surface area contributed by atoms with Gasteiger partial charge >= 0.3 is 0 Å². The van der Waals surface area contributed by atoms with Crippen LogP contribution in [0.25, 0.3) is 0 Å². The zero-order valence-corrected chi connectivity index (χ0v) is 20.9. The number of amides is 1. The standard InChI is InChI=1S/C25H34N2O6S/c1-31-21-11-9-19(10-12-21)15-16-26-25(28)18-27(20-7-5-4-6-8-20)34(29,30)22-13-14-23(32-2)24(17-22)33-3/h9-14,17,20H,4-8,15-16,18H2,1-3H3,(H,26,28). The fourth-order valence-electron chi connectivity index (χ4n) is 4.23. The van der Waals surface area contributed by atoms with Crippen molar-refractivity contribution in [1.29, 1.82) is 0 Å². The topological polar surface area (TPSA) is 94.2 Å². The lowest BCUT2D eigenvalue weighted by molar-refractivity contribution is -0.121. The smallest absolute Gasteiger partial charge is 0.243 e. The number of sulfonamides is 1. The van der Waals surface area contributed by atoms with E-state index in [4.69, 9.17) is 14.2 Å². The molecule has 1 fully saturated rings. The van der Waals surface area contributed by atoms with E-state index in [2.05, 4.69) is 5.32 Å². The van der Waals surface area contributed by atoms with E-state index in [9.17, 15) is 13.2 Å². The summed E-state index contributed by atoms with van der Waals surface area (Å²) in [6.07, 6.45) is 5.09. The molecule has 34 heavy (non-hydrogen) atoms. The molecule has 1 N–H and O–H groups in total. The van der Waals surface area contributed by atoms with Gasteiger partial charge in [-0.15, -0.1) is 0 Å². The molecule has 2 aromatic rings. The summed E-state index contributed by atoms with van der Waals surface area (Å²) in [6, 6.07) is 11.9. The number of rotatable bonds is 11. The predicted octanol–water partition coefficient (Wildman–Crippen LogP) is 3.39. The Hall–Kier alpha value is -2.78. The van der Waals surface area contributed by atoms with Gasteiger partial charge in [0.05, 0.1) is 32.8 Å². The van der Waals surface area contributed by atoms with Gasteiger partial charge in [-0.25, -0.2) is 8.42 Å². The van der Waals surface area contributed by atoms with Crippen LogP contribution in [0.1, 0.15) is 37.7 Å². The molecule has 3 rings (SSSR count). The fraction of sp³-hybridized carbons (Fsp3) is 0.480. The van der Waals surface area contributed by atoms with Crippen molar-refractivity contribution >= 4 is 15.9 Å². The highest BCUT2D eigenvalue weighted by Crippen LogP contribution is 2.33. The Morgan fingerprint density at radius 1 is 0.941 bits per heavy atom. The Morgan fingerprint density at radius 3 is 2.24 bits per heavy atom. The van der Waals surface area contributed by atoms with Crippen molar-refractivity contribution in [1.82, 2.24) is 9.62 Å². The number of nitrogens with zero attached hydrogens (tertiary/aromatic N) is 1. The summed E-state index contributed by atoms with van der Waals surface area (Å²) in [5.74, 6) is 1.23. The molecular weight excluding hydrogens is 456 g/mol. The van der Waals surface area contributed by atoms with E-state index in [1.54, 1.807) is 13.2 Å². The van der Waals surface area contributed by atoms with Crippen LogP contribution in [-0.2, 0) is 21.2 Å². The summed E-state index contributed by atoms with van der Waals surface area (Å²) in [4.78, 5) is 12.9. The molecule has 0 unspecified atom stereocenters.